The fourth-order valence-electron chi connectivity index (χ4n) is 1.64. The molecule has 0 aliphatic rings. The number of aromatic nitrogens is 1. The van der Waals surface area contributed by atoms with Gasteiger partial charge in [0.15, 0.2) is 0 Å². The summed E-state index contributed by atoms with van der Waals surface area (Å²) in [5, 5.41) is 0. The summed E-state index contributed by atoms with van der Waals surface area (Å²) in [6, 6.07) is 10.6. The Morgan fingerprint density at radius 3 is 2.42 bits per heavy atom. The first-order valence-electron chi connectivity index (χ1n) is 5.76. The van der Waals surface area contributed by atoms with Gasteiger partial charge in [0, 0.05) is 18.3 Å². The third-order valence-electron chi connectivity index (χ3n) is 2.53. The van der Waals surface area contributed by atoms with E-state index in [9.17, 15) is 13.2 Å². The number of hydrogen-bond acceptors (Lipinski definition) is 2. The van der Waals surface area contributed by atoms with Gasteiger partial charge in [0.1, 0.15) is 5.75 Å². The second kappa shape index (κ2) is 5.73. The van der Waals surface area contributed by atoms with Gasteiger partial charge in [-0.1, -0.05) is 18.2 Å². The number of ether oxygens (including phenoxy) is 1. The van der Waals surface area contributed by atoms with Crippen molar-refractivity contribution < 1.29 is 17.9 Å². The van der Waals surface area contributed by atoms with E-state index >= 15 is 0 Å². The molecule has 0 radical (unpaired) electrons. The molecule has 0 saturated heterocycles. The van der Waals surface area contributed by atoms with E-state index in [1.165, 1.54) is 18.2 Å². The molecule has 0 fully saturated rings. The average Bonchev–Trinajstić information content (AvgIpc) is 2.39. The Morgan fingerprint density at radius 2 is 1.74 bits per heavy atom. The molecule has 0 atom stereocenters. The number of alkyl halides is 3. The molecule has 0 spiro atoms. The van der Waals surface area contributed by atoms with Crippen molar-refractivity contribution in [2.75, 3.05) is 6.61 Å². The van der Waals surface area contributed by atoms with E-state index in [1.807, 2.05) is 6.07 Å². The SMILES string of the molecule is FC(F)(F)c1ccccc1OCCc1ccccn1. The summed E-state index contributed by atoms with van der Waals surface area (Å²) in [6.45, 7) is 0.157. The highest BCUT2D eigenvalue weighted by molar-refractivity contribution is 5.35. The lowest BCUT2D eigenvalue weighted by atomic mass is 10.2. The van der Waals surface area contributed by atoms with E-state index in [4.69, 9.17) is 4.74 Å². The molecule has 19 heavy (non-hydrogen) atoms. The molecule has 2 nitrogen and oxygen atoms in total. The van der Waals surface area contributed by atoms with Crippen molar-refractivity contribution in [2.24, 2.45) is 0 Å². The van der Waals surface area contributed by atoms with E-state index in [2.05, 4.69) is 4.98 Å². The molecule has 0 saturated carbocycles. The van der Waals surface area contributed by atoms with Gasteiger partial charge >= 0.3 is 6.18 Å². The summed E-state index contributed by atoms with van der Waals surface area (Å²) in [4.78, 5) is 4.08. The molecule has 1 aromatic carbocycles. The van der Waals surface area contributed by atoms with Crippen molar-refractivity contribution in [2.45, 2.75) is 12.6 Å². The topological polar surface area (TPSA) is 22.1 Å². The number of para-hydroxylation sites is 1. The largest absolute Gasteiger partial charge is 0.493 e. The minimum atomic E-state index is -4.40. The van der Waals surface area contributed by atoms with Crippen molar-refractivity contribution in [1.82, 2.24) is 4.98 Å². The van der Waals surface area contributed by atoms with Gasteiger partial charge in [0.2, 0.25) is 0 Å². The Hall–Kier alpha value is -2.04. The van der Waals surface area contributed by atoms with Crippen LogP contribution in [0.25, 0.3) is 0 Å². The number of rotatable bonds is 4. The number of benzene rings is 1. The molecule has 0 unspecified atom stereocenters. The molecular formula is C14H12F3NO. The quantitative estimate of drug-likeness (QED) is 0.842. The summed E-state index contributed by atoms with van der Waals surface area (Å²) >= 11 is 0. The van der Waals surface area contributed by atoms with Gasteiger partial charge in [-0.2, -0.15) is 13.2 Å². The number of nitrogens with zero attached hydrogens (tertiary/aromatic N) is 1. The molecule has 0 aliphatic heterocycles. The van der Waals surface area contributed by atoms with Crippen molar-refractivity contribution in [1.29, 1.82) is 0 Å². The van der Waals surface area contributed by atoms with Crippen LogP contribution in [-0.2, 0) is 12.6 Å². The van der Waals surface area contributed by atoms with Gasteiger partial charge in [-0.3, -0.25) is 4.98 Å². The van der Waals surface area contributed by atoms with Crippen LogP contribution >= 0.6 is 0 Å². The Balaban J connectivity index is 2.00. The van der Waals surface area contributed by atoms with E-state index in [1.54, 1.807) is 18.3 Å². The van der Waals surface area contributed by atoms with Crippen LogP contribution in [0.2, 0.25) is 0 Å². The van der Waals surface area contributed by atoms with Crippen molar-refractivity contribution in [3.05, 3.63) is 59.9 Å². The monoisotopic (exact) mass is 267 g/mol. The van der Waals surface area contributed by atoms with E-state index in [0.29, 0.717) is 6.42 Å². The Kier molecular flexibility index (Phi) is 4.04. The average molecular weight is 267 g/mol. The first kappa shape index (κ1) is 13.4. The fraction of sp³-hybridized carbons (Fsp3) is 0.214. The predicted molar refractivity (Wildman–Crippen MR) is 64.9 cm³/mol. The predicted octanol–water partition coefficient (Wildman–Crippen LogP) is 3.72. The molecule has 2 rings (SSSR count). The van der Waals surface area contributed by atoms with E-state index in [-0.39, 0.29) is 12.4 Å². The van der Waals surface area contributed by atoms with Crippen LogP contribution in [0.1, 0.15) is 11.3 Å². The fourth-order valence-corrected chi connectivity index (χ4v) is 1.64. The zero-order valence-electron chi connectivity index (χ0n) is 10.0. The molecule has 1 aromatic heterocycles. The zero-order valence-corrected chi connectivity index (χ0v) is 10.0. The molecule has 0 aliphatic carbocycles. The van der Waals surface area contributed by atoms with Gasteiger partial charge in [-0.15, -0.1) is 0 Å². The van der Waals surface area contributed by atoms with Crippen molar-refractivity contribution >= 4 is 0 Å². The maximum Gasteiger partial charge on any atom is 0.419 e. The molecule has 5 heteroatoms. The lowest BCUT2D eigenvalue weighted by Crippen LogP contribution is -2.10. The number of pyridine rings is 1. The highest BCUT2D eigenvalue weighted by atomic mass is 19.4. The maximum absolute atomic E-state index is 12.7. The second-order valence-corrected chi connectivity index (χ2v) is 3.91. The molecular weight excluding hydrogens is 255 g/mol. The molecule has 100 valence electrons. The van der Waals surface area contributed by atoms with Crippen molar-refractivity contribution in [3.63, 3.8) is 0 Å². The normalized spacial score (nSPS) is 11.3. The molecule has 0 N–H and O–H groups in total. The molecule has 2 aromatic rings. The summed E-state index contributed by atoms with van der Waals surface area (Å²) < 4.78 is 43.3. The van der Waals surface area contributed by atoms with Gasteiger partial charge < -0.3 is 4.74 Å². The number of halogens is 3. The van der Waals surface area contributed by atoms with Gasteiger partial charge in [-0.25, -0.2) is 0 Å². The first-order chi connectivity index (χ1) is 9.07. The van der Waals surface area contributed by atoms with Crippen LogP contribution in [0.4, 0.5) is 13.2 Å². The maximum atomic E-state index is 12.7. The molecule has 0 amide bonds. The summed E-state index contributed by atoms with van der Waals surface area (Å²) in [7, 11) is 0. The zero-order chi connectivity index (χ0) is 13.7. The van der Waals surface area contributed by atoms with Crippen LogP contribution in [0.5, 0.6) is 5.75 Å². The minimum Gasteiger partial charge on any atom is -0.493 e. The third kappa shape index (κ3) is 3.71. The minimum absolute atomic E-state index is 0.147. The van der Waals surface area contributed by atoms with Crippen LogP contribution in [-0.4, -0.2) is 11.6 Å². The van der Waals surface area contributed by atoms with Crippen LogP contribution in [0, 0.1) is 0 Å². The number of hydrogen-bond donors (Lipinski definition) is 0. The highest BCUT2D eigenvalue weighted by Gasteiger charge is 2.33. The standard InChI is InChI=1S/C14H12F3NO/c15-14(16,17)12-6-1-2-7-13(12)19-10-8-11-5-3-4-9-18-11/h1-7,9H,8,10H2. The van der Waals surface area contributed by atoms with E-state index < -0.39 is 11.7 Å². The Morgan fingerprint density at radius 1 is 1.00 bits per heavy atom. The lowest BCUT2D eigenvalue weighted by molar-refractivity contribution is -0.138. The van der Waals surface area contributed by atoms with Gasteiger partial charge in [0.25, 0.3) is 0 Å². The van der Waals surface area contributed by atoms with Crippen molar-refractivity contribution in [3.8, 4) is 5.75 Å². The Labute approximate surface area is 108 Å². The second-order valence-electron chi connectivity index (χ2n) is 3.91. The summed E-state index contributed by atoms with van der Waals surface area (Å²) in [5.41, 5.74) is 0.0306. The van der Waals surface area contributed by atoms with Gasteiger partial charge in [-0.05, 0) is 24.3 Å². The Bertz CT molecular complexity index is 526. The summed E-state index contributed by atoms with van der Waals surface area (Å²) in [5.74, 6) is -0.147. The molecule has 1 heterocycles. The third-order valence-corrected chi connectivity index (χ3v) is 2.53. The van der Waals surface area contributed by atoms with E-state index in [0.717, 1.165) is 11.8 Å². The molecule has 0 bridgehead atoms. The summed E-state index contributed by atoms with van der Waals surface area (Å²) in [6.07, 6.45) is -2.30. The lowest BCUT2D eigenvalue weighted by Gasteiger charge is -2.13. The van der Waals surface area contributed by atoms with Crippen LogP contribution in [0.15, 0.2) is 48.7 Å². The highest BCUT2D eigenvalue weighted by Crippen LogP contribution is 2.35. The van der Waals surface area contributed by atoms with Crippen LogP contribution < -0.4 is 4.74 Å². The smallest absolute Gasteiger partial charge is 0.419 e. The van der Waals surface area contributed by atoms with Gasteiger partial charge in [0.05, 0.1) is 12.2 Å². The first-order valence-corrected chi connectivity index (χ1v) is 5.76. The van der Waals surface area contributed by atoms with Crippen LogP contribution in [0.3, 0.4) is 0 Å².